The molecule has 3 aromatic carbocycles. The van der Waals surface area contributed by atoms with E-state index in [1.165, 1.54) is 0 Å². The summed E-state index contributed by atoms with van der Waals surface area (Å²) in [6.45, 7) is 3.37. The summed E-state index contributed by atoms with van der Waals surface area (Å²) in [6.07, 6.45) is 0. The number of hydrogen-bond donors (Lipinski definition) is 2. The highest BCUT2D eigenvalue weighted by molar-refractivity contribution is 7.71. The van der Waals surface area contributed by atoms with Gasteiger partial charge in [-0.1, -0.05) is 66.2 Å². The van der Waals surface area contributed by atoms with Crippen LogP contribution in [0.15, 0.2) is 72.8 Å². The molecule has 0 saturated carbocycles. The first-order valence-corrected chi connectivity index (χ1v) is 11.0. The second-order valence-electron chi connectivity index (χ2n) is 6.98. The van der Waals surface area contributed by atoms with Crippen molar-refractivity contribution >= 4 is 23.8 Å². The highest BCUT2D eigenvalue weighted by Crippen LogP contribution is 2.30. The molecule has 4 rings (SSSR count). The zero-order valence-electron chi connectivity index (χ0n) is 17.5. The van der Waals surface area contributed by atoms with Crippen molar-refractivity contribution in [3.8, 4) is 22.9 Å². The Morgan fingerprint density at radius 3 is 2.56 bits per heavy atom. The summed E-state index contributed by atoms with van der Waals surface area (Å²) in [5.74, 6) is 2.07. The number of H-pyrrole nitrogens is 1. The molecule has 6 nitrogen and oxygen atoms in total. The van der Waals surface area contributed by atoms with Crippen molar-refractivity contribution < 1.29 is 9.47 Å². The van der Waals surface area contributed by atoms with E-state index >= 15 is 0 Å². The van der Waals surface area contributed by atoms with Gasteiger partial charge in [-0.15, -0.1) is 0 Å². The highest BCUT2D eigenvalue weighted by Gasteiger charge is 2.11. The smallest absolute Gasteiger partial charge is 0.214 e. The molecule has 164 valence electrons. The Balaban J connectivity index is 1.49. The fourth-order valence-electron chi connectivity index (χ4n) is 3.22. The average Bonchev–Trinajstić information content (AvgIpc) is 3.19. The van der Waals surface area contributed by atoms with Crippen molar-refractivity contribution in [3.05, 3.63) is 93.7 Å². The third-order valence-electron chi connectivity index (χ3n) is 4.79. The molecule has 0 atom stereocenters. The minimum Gasteiger partial charge on any atom is -0.490 e. The zero-order valence-corrected chi connectivity index (χ0v) is 19.1. The molecule has 0 aliphatic carbocycles. The van der Waals surface area contributed by atoms with Crippen molar-refractivity contribution in [3.63, 3.8) is 0 Å². The Bertz CT molecular complexity index is 1240. The monoisotopic (exact) mass is 466 g/mol. The van der Waals surface area contributed by atoms with E-state index in [9.17, 15) is 0 Å². The van der Waals surface area contributed by atoms with Gasteiger partial charge in [0.15, 0.2) is 17.3 Å². The molecule has 0 radical (unpaired) electrons. The topological polar surface area (TPSA) is 64.1 Å². The number of benzene rings is 3. The van der Waals surface area contributed by atoms with Gasteiger partial charge in [0.2, 0.25) is 4.77 Å². The van der Waals surface area contributed by atoms with Gasteiger partial charge in [0.25, 0.3) is 0 Å². The lowest BCUT2D eigenvalue weighted by atomic mass is 10.2. The lowest BCUT2D eigenvalue weighted by Crippen LogP contribution is -2.16. The van der Waals surface area contributed by atoms with Crippen LogP contribution in [0.25, 0.3) is 11.4 Å². The lowest BCUT2D eigenvalue weighted by molar-refractivity contribution is 0.269. The molecule has 32 heavy (non-hydrogen) atoms. The number of aromatic nitrogens is 3. The van der Waals surface area contributed by atoms with Crippen molar-refractivity contribution in [2.45, 2.75) is 20.1 Å². The maximum absolute atomic E-state index is 6.24. The first kappa shape index (κ1) is 21.9. The van der Waals surface area contributed by atoms with Crippen LogP contribution >= 0.6 is 23.8 Å². The third-order valence-corrected chi connectivity index (χ3v) is 5.44. The molecule has 1 heterocycles. The molecule has 0 spiro atoms. The first-order valence-electron chi connectivity index (χ1n) is 10.2. The van der Waals surface area contributed by atoms with Crippen LogP contribution in [0.3, 0.4) is 0 Å². The van der Waals surface area contributed by atoms with Crippen molar-refractivity contribution in [1.82, 2.24) is 14.9 Å². The van der Waals surface area contributed by atoms with Crippen LogP contribution < -0.4 is 14.9 Å². The van der Waals surface area contributed by atoms with Crippen LogP contribution in [0.4, 0.5) is 0 Å². The molecule has 0 aliphatic rings. The molecule has 1 aromatic heterocycles. The van der Waals surface area contributed by atoms with Gasteiger partial charge in [-0.25, -0.2) is 9.77 Å². The highest BCUT2D eigenvalue weighted by atomic mass is 35.5. The molecular weight excluding hydrogens is 444 g/mol. The van der Waals surface area contributed by atoms with Gasteiger partial charge in [-0.05, 0) is 42.9 Å². The fourth-order valence-corrected chi connectivity index (χ4v) is 3.60. The average molecular weight is 467 g/mol. The second kappa shape index (κ2) is 10.3. The molecule has 0 aliphatic heterocycles. The van der Waals surface area contributed by atoms with E-state index in [1.54, 1.807) is 4.68 Å². The number of halogens is 1. The number of nitrogens with one attached hydrogen (secondary N) is 2. The molecule has 0 bridgehead atoms. The largest absolute Gasteiger partial charge is 0.490 e. The summed E-state index contributed by atoms with van der Waals surface area (Å²) < 4.78 is 14.1. The van der Waals surface area contributed by atoms with Crippen LogP contribution in [0, 0.1) is 4.77 Å². The molecule has 8 heteroatoms. The minimum absolute atomic E-state index is 0.363. The van der Waals surface area contributed by atoms with Crippen molar-refractivity contribution in [1.29, 1.82) is 0 Å². The third kappa shape index (κ3) is 5.12. The SMILES string of the molecule is CCOc1cc(CNn2c(-c3ccccc3)n[nH]c2=S)ccc1OCc1ccccc1Cl. The van der Waals surface area contributed by atoms with E-state index < -0.39 is 0 Å². The Morgan fingerprint density at radius 2 is 1.78 bits per heavy atom. The number of ether oxygens (including phenoxy) is 2. The molecule has 0 saturated heterocycles. The fraction of sp³-hybridized carbons (Fsp3) is 0.167. The van der Waals surface area contributed by atoms with Crippen LogP contribution in [0.1, 0.15) is 18.1 Å². The quantitative estimate of drug-likeness (QED) is 0.297. The van der Waals surface area contributed by atoms with Gasteiger partial charge in [0.1, 0.15) is 6.61 Å². The van der Waals surface area contributed by atoms with Crippen LogP contribution in [0.5, 0.6) is 11.5 Å². The summed E-state index contributed by atoms with van der Waals surface area (Å²) in [7, 11) is 0. The zero-order chi connectivity index (χ0) is 22.3. The van der Waals surface area contributed by atoms with E-state index in [0.29, 0.717) is 41.1 Å². The molecule has 4 aromatic rings. The maximum atomic E-state index is 6.24. The molecule has 0 unspecified atom stereocenters. The molecule has 0 amide bonds. The summed E-state index contributed by atoms with van der Waals surface area (Å²) in [6, 6.07) is 23.4. The minimum atomic E-state index is 0.363. The van der Waals surface area contributed by atoms with E-state index in [2.05, 4.69) is 15.6 Å². The van der Waals surface area contributed by atoms with Gasteiger partial charge in [-0.3, -0.25) is 0 Å². The van der Waals surface area contributed by atoms with Gasteiger partial charge >= 0.3 is 0 Å². The summed E-state index contributed by atoms with van der Waals surface area (Å²) in [4.78, 5) is 0. The van der Waals surface area contributed by atoms with Gasteiger partial charge < -0.3 is 14.9 Å². The first-order chi connectivity index (χ1) is 15.7. The summed E-state index contributed by atoms with van der Waals surface area (Å²) >= 11 is 11.6. The summed E-state index contributed by atoms with van der Waals surface area (Å²) in [5, 5.41) is 7.87. The van der Waals surface area contributed by atoms with Crippen molar-refractivity contribution in [2.24, 2.45) is 0 Å². The Kier molecular flexibility index (Phi) is 7.09. The van der Waals surface area contributed by atoms with Gasteiger partial charge in [0.05, 0.1) is 13.2 Å². The van der Waals surface area contributed by atoms with Gasteiger partial charge in [-0.2, -0.15) is 5.10 Å². The number of nitrogens with zero attached hydrogens (tertiary/aromatic N) is 2. The number of aromatic amines is 1. The molecular formula is C24H23ClN4O2S. The van der Waals surface area contributed by atoms with Crippen LogP contribution in [0.2, 0.25) is 5.02 Å². The molecule has 2 N–H and O–H groups in total. The van der Waals surface area contributed by atoms with Gasteiger partial charge in [0, 0.05) is 16.1 Å². The van der Waals surface area contributed by atoms with E-state index in [-0.39, 0.29) is 0 Å². The van der Waals surface area contributed by atoms with Crippen LogP contribution in [-0.2, 0) is 13.2 Å². The maximum Gasteiger partial charge on any atom is 0.214 e. The normalized spacial score (nSPS) is 10.7. The Labute approximate surface area is 196 Å². The van der Waals surface area contributed by atoms with E-state index in [0.717, 1.165) is 22.5 Å². The number of rotatable bonds is 9. The van der Waals surface area contributed by atoms with Crippen molar-refractivity contribution in [2.75, 3.05) is 12.0 Å². The van der Waals surface area contributed by atoms with E-state index in [4.69, 9.17) is 33.3 Å². The predicted molar refractivity (Wildman–Crippen MR) is 129 cm³/mol. The molecule has 0 fully saturated rings. The Hall–Kier alpha value is -3.29. The lowest BCUT2D eigenvalue weighted by Gasteiger charge is -2.15. The van der Waals surface area contributed by atoms with Crippen LogP contribution in [-0.4, -0.2) is 21.5 Å². The second-order valence-corrected chi connectivity index (χ2v) is 7.78. The Morgan fingerprint density at radius 1 is 1.00 bits per heavy atom. The van der Waals surface area contributed by atoms with E-state index in [1.807, 2.05) is 79.7 Å². The number of hydrogen-bond acceptors (Lipinski definition) is 5. The predicted octanol–water partition coefficient (Wildman–Crippen LogP) is 5.98. The standard InChI is InChI=1S/C24H23ClN4O2S/c1-2-30-22-14-17(12-13-21(22)31-16-19-10-6-7-11-20(19)25)15-26-29-23(27-28-24(29)32)18-8-4-3-5-9-18/h3-14,26H,2,15-16H2,1H3,(H,28,32). The summed E-state index contributed by atoms with van der Waals surface area (Å²) in [5.41, 5.74) is 6.23.